The van der Waals surface area contributed by atoms with E-state index in [0.29, 0.717) is 34.4 Å². The number of pyridine rings is 1. The molecule has 0 aliphatic heterocycles. The molecule has 0 unspecified atom stereocenters. The molecule has 0 spiro atoms. The Morgan fingerprint density at radius 1 is 1.28 bits per heavy atom. The summed E-state index contributed by atoms with van der Waals surface area (Å²) in [5.41, 5.74) is 1.87. The Labute approximate surface area is 152 Å². The fourth-order valence-corrected chi connectivity index (χ4v) is 2.34. The van der Waals surface area contributed by atoms with E-state index in [0.717, 1.165) is 18.5 Å². The lowest BCUT2D eigenvalue weighted by Gasteiger charge is -2.12. The number of carbonyl (C=O) groups is 1. The van der Waals surface area contributed by atoms with Gasteiger partial charge in [0.15, 0.2) is 0 Å². The third kappa shape index (κ3) is 5.34. The minimum absolute atomic E-state index is 0.265. The third-order valence-electron chi connectivity index (χ3n) is 3.59. The van der Waals surface area contributed by atoms with Crippen molar-refractivity contribution >= 4 is 29.0 Å². The fraction of sp³-hybridized carbons (Fsp3) is 0.333. The number of aryl methyl sites for hydroxylation is 1. The Morgan fingerprint density at radius 2 is 2.08 bits per heavy atom. The zero-order valence-corrected chi connectivity index (χ0v) is 15.3. The first-order valence-corrected chi connectivity index (χ1v) is 8.27. The molecule has 0 saturated heterocycles. The SMILES string of the molecule is COCCCNc1ccc(C(=O)Nc2cc(C)c(Cl)cc2OC)cn1. The smallest absolute Gasteiger partial charge is 0.257 e. The lowest BCUT2D eigenvalue weighted by atomic mass is 10.2. The van der Waals surface area contributed by atoms with Crippen LogP contribution in [0.4, 0.5) is 11.5 Å². The second kappa shape index (κ2) is 9.25. The summed E-state index contributed by atoms with van der Waals surface area (Å²) in [5, 5.41) is 6.58. The molecular formula is C18H22ClN3O3. The molecule has 2 rings (SSSR count). The molecule has 0 bridgehead atoms. The van der Waals surface area contributed by atoms with Gasteiger partial charge in [-0.2, -0.15) is 0 Å². The van der Waals surface area contributed by atoms with E-state index in [-0.39, 0.29) is 5.91 Å². The van der Waals surface area contributed by atoms with Gasteiger partial charge < -0.3 is 20.1 Å². The summed E-state index contributed by atoms with van der Waals surface area (Å²) in [6.07, 6.45) is 2.42. The Bertz CT molecular complexity index is 720. The zero-order chi connectivity index (χ0) is 18.2. The van der Waals surface area contributed by atoms with E-state index in [4.69, 9.17) is 21.1 Å². The van der Waals surface area contributed by atoms with E-state index in [9.17, 15) is 4.79 Å². The molecule has 0 aliphatic rings. The Hall–Kier alpha value is -2.31. The van der Waals surface area contributed by atoms with Crippen molar-refractivity contribution in [3.05, 3.63) is 46.6 Å². The van der Waals surface area contributed by atoms with Crippen LogP contribution in [0.15, 0.2) is 30.5 Å². The first kappa shape index (κ1) is 19.0. The molecule has 0 fully saturated rings. The van der Waals surface area contributed by atoms with E-state index < -0.39 is 0 Å². The van der Waals surface area contributed by atoms with Gasteiger partial charge in [-0.1, -0.05) is 11.6 Å². The second-order valence-corrected chi connectivity index (χ2v) is 5.87. The van der Waals surface area contributed by atoms with Crippen LogP contribution in [0.3, 0.4) is 0 Å². The number of carbonyl (C=O) groups excluding carboxylic acids is 1. The van der Waals surface area contributed by atoms with Gasteiger partial charge in [-0.3, -0.25) is 4.79 Å². The molecule has 0 atom stereocenters. The molecule has 1 amide bonds. The summed E-state index contributed by atoms with van der Waals surface area (Å²) in [6.45, 7) is 3.31. The van der Waals surface area contributed by atoms with Gasteiger partial charge in [-0.25, -0.2) is 4.98 Å². The van der Waals surface area contributed by atoms with E-state index >= 15 is 0 Å². The van der Waals surface area contributed by atoms with Crippen LogP contribution in [0.1, 0.15) is 22.3 Å². The van der Waals surface area contributed by atoms with Crippen molar-refractivity contribution < 1.29 is 14.3 Å². The standard InChI is InChI=1S/C18H22ClN3O3/c1-12-9-15(16(25-3)10-14(12)19)22-18(23)13-5-6-17(21-11-13)20-7-4-8-24-2/h5-6,9-11H,4,7-8H2,1-3H3,(H,20,21)(H,22,23). The zero-order valence-electron chi connectivity index (χ0n) is 14.6. The third-order valence-corrected chi connectivity index (χ3v) is 3.99. The number of nitrogens with one attached hydrogen (secondary N) is 2. The highest BCUT2D eigenvalue weighted by Crippen LogP contribution is 2.31. The van der Waals surface area contributed by atoms with E-state index in [2.05, 4.69) is 15.6 Å². The second-order valence-electron chi connectivity index (χ2n) is 5.46. The highest BCUT2D eigenvalue weighted by atomic mass is 35.5. The van der Waals surface area contributed by atoms with Gasteiger partial charge >= 0.3 is 0 Å². The molecule has 1 aromatic carbocycles. The average molecular weight is 364 g/mol. The van der Waals surface area contributed by atoms with Crippen molar-refractivity contribution in [3.8, 4) is 5.75 Å². The molecule has 134 valence electrons. The Balaban J connectivity index is 2.02. The average Bonchev–Trinajstić information content (AvgIpc) is 2.62. The van der Waals surface area contributed by atoms with Crippen molar-refractivity contribution in [2.24, 2.45) is 0 Å². The van der Waals surface area contributed by atoms with E-state index in [1.807, 2.05) is 6.92 Å². The van der Waals surface area contributed by atoms with Gasteiger partial charge in [0.05, 0.1) is 18.4 Å². The summed E-state index contributed by atoms with van der Waals surface area (Å²) in [4.78, 5) is 16.7. The number of benzene rings is 1. The predicted molar refractivity (Wildman–Crippen MR) is 99.9 cm³/mol. The lowest BCUT2D eigenvalue weighted by molar-refractivity contribution is 0.102. The first-order chi connectivity index (χ1) is 12.0. The summed E-state index contributed by atoms with van der Waals surface area (Å²) in [7, 11) is 3.20. The van der Waals surface area contributed by atoms with E-state index in [1.165, 1.54) is 13.3 Å². The quantitative estimate of drug-likeness (QED) is 0.699. The number of hydrogen-bond acceptors (Lipinski definition) is 5. The molecule has 0 aliphatic carbocycles. The van der Waals surface area contributed by atoms with Gasteiger partial charge in [-0.15, -0.1) is 0 Å². The topological polar surface area (TPSA) is 72.5 Å². The monoisotopic (exact) mass is 363 g/mol. The maximum absolute atomic E-state index is 12.4. The minimum Gasteiger partial charge on any atom is -0.495 e. The number of anilines is 2. The molecular weight excluding hydrogens is 342 g/mol. The van der Waals surface area contributed by atoms with Crippen LogP contribution in [0.2, 0.25) is 5.02 Å². The summed E-state index contributed by atoms with van der Waals surface area (Å²) < 4.78 is 10.3. The summed E-state index contributed by atoms with van der Waals surface area (Å²) >= 11 is 6.08. The fourth-order valence-electron chi connectivity index (χ4n) is 2.19. The number of rotatable bonds is 8. The first-order valence-electron chi connectivity index (χ1n) is 7.89. The van der Waals surface area contributed by atoms with Crippen LogP contribution in [-0.4, -0.2) is 38.3 Å². The Morgan fingerprint density at radius 3 is 2.72 bits per heavy atom. The lowest BCUT2D eigenvalue weighted by Crippen LogP contribution is -2.14. The van der Waals surface area contributed by atoms with Crippen molar-refractivity contribution in [1.82, 2.24) is 4.98 Å². The molecule has 0 radical (unpaired) electrons. The van der Waals surface area contributed by atoms with Crippen molar-refractivity contribution in [2.45, 2.75) is 13.3 Å². The minimum atomic E-state index is -0.265. The predicted octanol–water partition coefficient (Wildman–Crippen LogP) is 3.75. The molecule has 2 aromatic rings. The number of nitrogens with zero attached hydrogens (tertiary/aromatic N) is 1. The normalized spacial score (nSPS) is 10.4. The van der Waals surface area contributed by atoms with Crippen molar-refractivity contribution in [2.75, 3.05) is 38.0 Å². The van der Waals surface area contributed by atoms with Crippen LogP contribution < -0.4 is 15.4 Å². The molecule has 2 N–H and O–H groups in total. The highest BCUT2D eigenvalue weighted by Gasteiger charge is 2.12. The number of aromatic nitrogens is 1. The van der Waals surface area contributed by atoms with Gasteiger partial charge in [-0.05, 0) is 37.1 Å². The molecule has 1 heterocycles. The number of methoxy groups -OCH3 is 2. The largest absolute Gasteiger partial charge is 0.495 e. The van der Waals surface area contributed by atoms with Gasteiger partial charge in [0.25, 0.3) is 5.91 Å². The summed E-state index contributed by atoms with van der Waals surface area (Å²) in [6, 6.07) is 6.94. The van der Waals surface area contributed by atoms with Crippen molar-refractivity contribution in [1.29, 1.82) is 0 Å². The molecule has 6 nitrogen and oxygen atoms in total. The molecule has 1 aromatic heterocycles. The van der Waals surface area contributed by atoms with Crippen LogP contribution in [-0.2, 0) is 4.74 Å². The number of ether oxygens (including phenoxy) is 2. The number of amides is 1. The van der Waals surface area contributed by atoms with Gasteiger partial charge in [0.2, 0.25) is 0 Å². The number of hydrogen-bond donors (Lipinski definition) is 2. The van der Waals surface area contributed by atoms with Crippen LogP contribution in [0.5, 0.6) is 5.75 Å². The van der Waals surface area contributed by atoms with E-state index in [1.54, 1.807) is 31.4 Å². The highest BCUT2D eigenvalue weighted by molar-refractivity contribution is 6.31. The Kier molecular flexibility index (Phi) is 7.03. The van der Waals surface area contributed by atoms with Gasteiger partial charge in [0.1, 0.15) is 11.6 Å². The maximum atomic E-state index is 12.4. The molecule has 25 heavy (non-hydrogen) atoms. The molecule has 7 heteroatoms. The van der Waals surface area contributed by atoms with Crippen LogP contribution in [0, 0.1) is 6.92 Å². The van der Waals surface area contributed by atoms with Gasteiger partial charge in [0, 0.05) is 37.5 Å². The molecule has 0 saturated carbocycles. The van der Waals surface area contributed by atoms with Crippen LogP contribution >= 0.6 is 11.6 Å². The maximum Gasteiger partial charge on any atom is 0.257 e. The van der Waals surface area contributed by atoms with Crippen molar-refractivity contribution in [3.63, 3.8) is 0 Å². The number of halogens is 1. The summed E-state index contributed by atoms with van der Waals surface area (Å²) in [5.74, 6) is 0.958. The van der Waals surface area contributed by atoms with Crippen LogP contribution in [0.25, 0.3) is 0 Å².